The normalized spacial score (nSPS) is 26.4. The number of hydrogen-bond acceptors (Lipinski definition) is 6. The van der Waals surface area contributed by atoms with Crippen molar-refractivity contribution in [3.05, 3.63) is 12.2 Å². The molecular formula is C22H44O6Si2. The highest BCUT2D eigenvalue weighted by atomic mass is 28.4. The fraction of sp³-hybridized carbons (Fsp3) is 0.864. The molecule has 0 unspecified atom stereocenters. The van der Waals surface area contributed by atoms with E-state index in [1.165, 1.54) is 6.92 Å². The number of rotatable bonds is 7. The van der Waals surface area contributed by atoms with Crippen molar-refractivity contribution in [1.29, 1.82) is 0 Å². The topological polar surface area (TPSA) is 74.2 Å². The van der Waals surface area contributed by atoms with E-state index < -0.39 is 47.0 Å². The van der Waals surface area contributed by atoms with Crippen LogP contribution in [0.25, 0.3) is 0 Å². The first-order valence-electron chi connectivity index (χ1n) is 10.8. The van der Waals surface area contributed by atoms with E-state index in [0.29, 0.717) is 6.61 Å². The molecule has 0 aromatic carbocycles. The minimum Gasteiger partial charge on any atom is -0.455 e. The summed E-state index contributed by atoms with van der Waals surface area (Å²) in [5, 5.41) is 10.7. The monoisotopic (exact) mass is 460 g/mol. The predicted molar refractivity (Wildman–Crippen MR) is 126 cm³/mol. The molecule has 0 aliphatic carbocycles. The smallest absolute Gasteiger partial charge is 0.303 e. The zero-order chi connectivity index (χ0) is 23.5. The van der Waals surface area contributed by atoms with Gasteiger partial charge in [0.15, 0.2) is 16.6 Å². The summed E-state index contributed by atoms with van der Waals surface area (Å²) >= 11 is 0. The van der Waals surface area contributed by atoms with Gasteiger partial charge in [0.1, 0.15) is 24.4 Å². The molecule has 176 valence electrons. The first-order valence-corrected chi connectivity index (χ1v) is 16.7. The number of carbonyl (C=O) groups is 1. The van der Waals surface area contributed by atoms with Gasteiger partial charge >= 0.3 is 5.97 Å². The van der Waals surface area contributed by atoms with Crippen molar-refractivity contribution in [2.45, 2.75) is 109 Å². The third kappa shape index (κ3) is 7.56. The van der Waals surface area contributed by atoms with Gasteiger partial charge in [-0.2, -0.15) is 0 Å². The number of esters is 1. The largest absolute Gasteiger partial charge is 0.455 e. The number of aliphatic hydroxyl groups is 1. The third-order valence-electron chi connectivity index (χ3n) is 6.73. The first kappa shape index (κ1) is 27.5. The van der Waals surface area contributed by atoms with Crippen molar-refractivity contribution in [2.24, 2.45) is 0 Å². The lowest BCUT2D eigenvalue weighted by atomic mass is 10.2. The Morgan fingerprint density at radius 1 is 0.900 bits per heavy atom. The van der Waals surface area contributed by atoms with E-state index in [9.17, 15) is 9.90 Å². The summed E-state index contributed by atoms with van der Waals surface area (Å²) in [6.45, 7) is 23.7. The van der Waals surface area contributed by atoms with Crippen molar-refractivity contribution in [3.8, 4) is 0 Å². The van der Waals surface area contributed by atoms with Crippen LogP contribution in [0.5, 0.6) is 0 Å². The number of aliphatic hydroxyl groups excluding tert-OH is 1. The number of hydrogen-bond donors (Lipinski definition) is 1. The lowest BCUT2D eigenvalue weighted by Crippen LogP contribution is -2.48. The molecule has 0 aromatic rings. The molecule has 0 amide bonds. The Balaban J connectivity index is 3.00. The molecule has 0 aromatic heterocycles. The van der Waals surface area contributed by atoms with Gasteiger partial charge in [0.05, 0.1) is 13.2 Å². The molecule has 0 saturated heterocycles. The molecule has 1 aliphatic rings. The minimum absolute atomic E-state index is 0.0505. The molecule has 0 spiro atoms. The van der Waals surface area contributed by atoms with E-state index in [0.717, 1.165) is 0 Å². The Morgan fingerprint density at radius 2 is 1.33 bits per heavy atom. The van der Waals surface area contributed by atoms with E-state index in [2.05, 4.69) is 67.7 Å². The van der Waals surface area contributed by atoms with Crippen LogP contribution in [0.4, 0.5) is 0 Å². The molecular weight excluding hydrogens is 416 g/mol. The molecule has 30 heavy (non-hydrogen) atoms. The van der Waals surface area contributed by atoms with Crippen molar-refractivity contribution in [3.63, 3.8) is 0 Å². The fourth-order valence-electron chi connectivity index (χ4n) is 2.45. The molecule has 0 saturated carbocycles. The summed E-state index contributed by atoms with van der Waals surface area (Å²) in [4.78, 5) is 11.6. The van der Waals surface area contributed by atoms with Crippen LogP contribution in [0.2, 0.25) is 36.3 Å². The lowest BCUT2D eigenvalue weighted by molar-refractivity contribution is -0.159. The van der Waals surface area contributed by atoms with Crippen LogP contribution in [-0.2, 0) is 23.1 Å². The van der Waals surface area contributed by atoms with Gasteiger partial charge < -0.3 is 23.4 Å². The van der Waals surface area contributed by atoms with Crippen LogP contribution in [-0.4, -0.2) is 65.3 Å². The van der Waals surface area contributed by atoms with Crippen LogP contribution in [0.3, 0.4) is 0 Å². The zero-order valence-corrected chi connectivity index (χ0v) is 22.9. The molecule has 1 heterocycles. The predicted octanol–water partition coefficient (Wildman–Crippen LogP) is 4.65. The average molecular weight is 461 g/mol. The molecule has 1 aliphatic heterocycles. The molecule has 0 bridgehead atoms. The van der Waals surface area contributed by atoms with Crippen molar-refractivity contribution in [1.82, 2.24) is 0 Å². The minimum atomic E-state index is -2.02. The van der Waals surface area contributed by atoms with Crippen LogP contribution >= 0.6 is 0 Å². The van der Waals surface area contributed by atoms with Gasteiger partial charge in [0.25, 0.3) is 0 Å². The highest BCUT2D eigenvalue weighted by molar-refractivity contribution is 6.74. The summed E-state index contributed by atoms with van der Waals surface area (Å²) in [6, 6.07) is 0. The van der Waals surface area contributed by atoms with Crippen LogP contribution in [0.15, 0.2) is 12.2 Å². The molecule has 8 heteroatoms. The molecule has 1 rings (SSSR count). The van der Waals surface area contributed by atoms with E-state index >= 15 is 0 Å². The quantitative estimate of drug-likeness (QED) is 0.339. The standard InChI is InChI=1S/C22H44O6Si2/c1-16(23)27-18-13-12-17(24)19(14-25-29(8,9)21(2,3)4)28-20(18)15-26-30(10,11)22(5,6)7/h12-13,17-20,24H,14-15H2,1-11H3/t17-,18+,19+,20-/m1/s1. The maximum Gasteiger partial charge on any atom is 0.303 e. The number of ether oxygens (including phenoxy) is 2. The summed E-state index contributed by atoms with van der Waals surface area (Å²) in [6.07, 6.45) is 0.830. The average Bonchev–Trinajstić information content (AvgIpc) is 2.68. The van der Waals surface area contributed by atoms with Gasteiger partial charge in [-0.05, 0) is 42.3 Å². The second kappa shape index (κ2) is 9.96. The van der Waals surface area contributed by atoms with Crippen molar-refractivity contribution >= 4 is 22.6 Å². The fourth-order valence-corrected chi connectivity index (χ4v) is 4.47. The van der Waals surface area contributed by atoms with Gasteiger partial charge in [0.2, 0.25) is 0 Å². The summed E-state index contributed by atoms with van der Waals surface area (Å²) in [5.74, 6) is -0.393. The zero-order valence-electron chi connectivity index (χ0n) is 20.9. The van der Waals surface area contributed by atoms with E-state index in [1.807, 2.05) is 0 Å². The molecule has 0 fully saturated rings. The van der Waals surface area contributed by atoms with E-state index in [1.54, 1.807) is 12.2 Å². The van der Waals surface area contributed by atoms with Crippen molar-refractivity contribution in [2.75, 3.05) is 13.2 Å². The summed E-state index contributed by atoms with van der Waals surface area (Å²) in [5.41, 5.74) is 0. The SMILES string of the molecule is CC(=O)O[C@H]1C=C[C@@H](O)[C@H](CO[Si](C)(C)C(C)(C)C)O[C@@H]1CO[Si](C)(C)C(C)(C)C. The van der Waals surface area contributed by atoms with Gasteiger partial charge in [-0.1, -0.05) is 47.6 Å². The summed E-state index contributed by atoms with van der Waals surface area (Å²) < 4.78 is 24.4. The summed E-state index contributed by atoms with van der Waals surface area (Å²) in [7, 11) is -4.02. The highest BCUT2D eigenvalue weighted by Gasteiger charge is 2.41. The van der Waals surface area contributed by atoms with Gasteiger partial charge in [-0.25, -0.2) is 0 Å². The number of carbonyl (C=O) groups excluding carboxylic acids is 1. The maximum absolute atomic E-state index is 11.6. The van der Waals surface area contributed by atoms with Gasteiger partial charge in [-0.15, -0.1) is 0 Å². The molecule has 4 atom stereocenters. The second-order valence-corrected chi connectivity index (χ2v) is 20.9. The van der Waals surface area contributed by atoms with Crippen LogP contribution < -0.4 is 0 Å². The van der Waals surface area contributed by atoms with Crippen molar-refractivity contribution < 1.29 is 28.2 Å². The maximum atomic E-state index is 11.6. The second-order valence-electron chi connectivity index (χ2n) is 11.3. The molecule has 6 nitrogen and oxygen atoms in total. The van der Waals surface area contributed by atoms with Gasteiger partial charge in [-0.3, -0.25) is 4.79 Å². The third-order valence-corrected chi connectivity index (χ3v) is 15.7. The molecule has 0 radical (unpaired) electrons. The van der Waals surface area contributed by atoms with E-state index in [-0.39, 0.29) is 16.7 Å². The first-order chi connectivity index (χ1) is 13.4. The Kier molecular flexibility index (Phi) is 9.13. The van der Waals surface area contributed by atoms with Crippen LogP contribution in [0, 0.1) is 0 Å². The lowest BCUT2D eigenvalue weighted by Gasteiger charge is -2.39. The highest BCUT2D eigenvalue weighted by Crippen LogP contribution is 2.38. The molecule has 1 N–H and O–H groups in total. The Bertz CT molecular complexity index is 604. The Hall–Kier alpha value is -0.516. The van der Waals surface area contributed by atoms with E-state index in [4.69, 9.17) is 18.3 Å². The van der Waals surface area contributed by atoms with Crippen LogP contribution in [0.1, 0.15) is 48.5 Å². The Labute approximate surface area is 185 Å². The van der Waals surface area contributed by atoms with Gasteiger partial charge in [0, 0.05) is 6.92 Å². The Morgan fingerprint density at radius 3 is 1.73 bits per heavy atom.